The average molecular weight is 649 g/mol. The zero-order valence-electron chi connectivity index (χ0n) is 23.9. The van der Waals surface area contributed by atoms with E-state index in [2.05, 4.69) is 11.1 Å². The molecule has 6 nitrogen and oxygen atoms in total. The fourth-order valence-corrected chi connectivity index (χ4v) is 11.1. The van der Waals surface area contributed by atoms with Crippen LogP contribution in [0.5, 0.6) is 5.75 Å². The topological polar surface area (TPSA) is 79.5 Å². The Bertz CT molecular complexity index is 1900. The number of rotatable bonds is 5. The number of alkyl halides is 3. The van der Waals surface area contributed by atoms with Crippen molar-refractivity contribution in [1.82, 2.24) is 4.98 Å². The van der Waals surface area contributed by atoms with E-state index in [-0.39, 0.29) is 39.5 Å². The monoisotopic (exact) mass is 648 g/mol. The molecule has 4 aromatic rings. The summed E-state index contributed by atoms with van der Waals surface area (Å²) in [7, 11) is 0. The Hall–Kier alpha value is -3.83. The van der Waals surface area contributed by atoms with E-state index in [1.54, 1.807) is 11.8 Å². The lowest BCUT2D eigenvalue weighted by molar-refractivity contribution is -0.137. The normalized spacial score (nSPS) is 28.3. The van der Waals surface area contributed by atoms with Gasteiger partial charge in [0, 0.05) is 16.0 Å². The van der Waals surface area contributed by atoms with Gasteiger partial charge in [0.25, 0.3) is 0 Å². The summed E-state index contributed by atoms with van der Waals surface area (Å²) in [6, 6.07) is 20.4. The third-order valence-corrected chi connectivity index (χ3v) is 12.5. The highest BCUT2D eigenvalue weighted by Gasteiger charge is 2.69. The Morgan fingerprint density at radius 2 is 1.67 bits per heavy atom. The van der Waals surface area contributed by atoms with Crippen LogP contribution in [0.3, 0.4) is 0 Å². The smallest absolute Gasteiger partial charge is 0.416 e. The lowest BCUT2D eigenvalue weighted by Gasteiger charge is -2.43. The van der Waals surface area contributed by atoms with Gasteiger partial charge >= 0.3 is 11.0 Å². The second-order valence-electron chi connectivity index (χ2n) is 12.4. The second kappa shape index (κ2) is 10.3. The first-order valence-electron chi connectivity index (χ1n) is 14.8. The van der Waals surface area contributed by atoms with Crippen LogP contribution in [0.15, 0.2) is 82.6 Å². The molecule has 11 heteroatoms. The molecule has 45 heavy (non-hydrogen) atoms. The zero-order chi connectivity index (χ0) is 31.2. The standard InChI is InChI=1S/C34H27F3N2O4S2/c1-16-4-2-5-17(12-16)15-43-21-10-8-18(9-11-21)24-25-22-14-23(28(25)44-30-29(24)45-33(42)38-30)27-26(22)31(40)39(32(27)41)20-7-3-6-19(13-20)34(35,36)37/h2-13,22-28H,14-15H2,1H3,(H,38,42)/t22?,23?,24-,25?,26?,27?,28?/m1/s1. The number of H-pyrrole nitrogens is 1. The third kappa shape index (κ3) is 4.57. The number of anilines is 1. The molecule has 3 aromatic carbocycles. The molecule has 8 rings (SSSR count). The number of nitrogens with zero attached hydrogens (tertiary/aromatic N) is 1. The molecule has 3 fully saturated rings. The predicted molar refractivity (Wildman–Crippen MR) is 164 cm³/mol. The molecule has 2 saturated carbocycles. The van der Waals surface area contributed by atoms with Gasteiger partial charge in [-0.3, -0.25) is 19.3 Å². The predicted octanol–water partition coefficient (Wildman–Crippen LogP) is 7.02. The van der Waals surface area contributed by atoms with E-state index < -0.39 is 35.4 Å². The largest absolute Gasteiger partial charge is 0.489 e. The number of ether oxygens (including phenoxy) is 1. The van der Waals surface area contributed by atoms with Gasteiger partial charge in [-0.15, -0.1) is 11.8 Å². The molecule has 4 aliphatic rings. The molecular formula is C34H27F3N2O4S2. The molecule has 2 aliphatic heterocycles. The Balaban J connectivity index is 1.11. The van der Waals surface area contributed by atoms with Crippen molar-refractivity contribution in [3.63, 3.8) is 0 Å². The van der Waals surface area contributed by atoms with E-state index in [1.165, 1.54) is 23.5 Å². The summed E-state index contributed by atoms with van der Waals surface area (Å²) in [6.45, 7) is 2.47. The van der Waals surface area contributed by atoms with Crippen LogP contribution in [0.25, 0.3) is 0 Å². The molecule has 1 saturated heterocycles. The summed E-state index contributed by atoms with van der Waals surface area (Å²) < 4.78 is 46.5. The van der Waals surface area contributed by atoms with Gasteiger partial charge in [0.05, 0.1) is 28.1 Å². The van der Waals surface area contributed by atoms with Gasteiger partial charge < -0.3 is 9.72 Å². The number of amides is 2. The summed E-state index contributed by atoms with van der Waals surface area (Å²) >= 11 is 2.75. The fourth-order valence-electron chi connectivity index (χ4n) is 8.21. The maximum Gasteiger partial charge on any atom is 0.416 e. The molecule has 7 atom stereocenters. The average Bonchev–Trinajstić information content (AvgIpc) is 3.75. The van der Waals surface area contributed by atoms with Crippen molar-refractivity contribution in [1.29, 1.82) is 0 Å². The number of hydrogen-bond acceptors (Lipinski definition) is 6. The summed E-state index contributed by atoms with van der Waals surface area (Å²) in [4.78, 5) is 45.0. The van der Waals surface area contributed by atoms with Crippen LogP contribution in [0, 0.1) is 36.5 Å². The fraction of sp³-hybridized carbons (Fsp3) is 0.324. The summed E-state index contributed by atoms with van der Waals surface area (Å²) in [5.41, 5.74) is 2.29. The van der Waals surface area contributed by atoms with E-state index in [0.29, 0.717) is 18.8 Å². The first kappa shape index (κ1) is 28.6. The van der Waals surface area contributed by atoms with Crippen molar-refractivity contribution in [2.24, 2.45) is 29.6 Å². The number of imide groups is 1. The van der Waals surface area contributed by atoms with Crippen LogP contribution in [-0.4, -0.2) is 22.0 Å². The number of thiazole rings is 1. The van der Waals surface area contributed by atoms with Crippen molar-refractivity contribution >= 4 is 40.6 Å². The second-order valence-corrected chi connectivity index (χ2v) is 14.6. The molecule has 230 valence electrons. The maximum atomic E-state index is 13.9. The van der Waals surface area contributed by atoms with Crippen LogP contribution in [0.4, 0.5) is 18.9 Å². The minimum atomic E-state index is -4.59. The van der Waals surface area contributed by atoms with Crippen LogP contribution in [-0.2, 0) is 22.4 Å². The van der Waals surface area contributed by atoms with Crippen molar-refractivity contribution in [2.75, 3.05) is 4.90 Å². The van der Waals surface area contributed by atoms with Gasteiger partial charge in [0.2, 0.25) is 11.8 Å². The number of carbonyl (C=O) groups excluding carboxylic acids is 2. The number of benzene rings is 3. The Labute approximate surface area is 264 Å². The maximum absolute atomic E-state index is 13.9. The first-order chi connectivity index (χ1) is 21.6. The molecule has 1 N–H and O–H groups in total. The Morgan fingerprint density at radius 1 is 0.933 bits per heavy atom. The van der Waals surface area contributed by atoms with E-state index in [1.807, 2.05) is 49.4 Å². The van der Waals surface area contributed by atoms with Gasteiger partial charge in [0.1, 0.15) is 12.4 Å². The van der Waals surface area contributed by atoms with Crippen LogP contribution in [0.2, 0.25) is 0 Å². The van der Waals surface area contributed by atoms with Crippen molar-refractivity contribution in [3.8, 4) is 5.75 Å². The SMILES string of the molecule is Cc1cccc(COc2ccc([C@H]3c4sc(=O)[nH]c4SC4C5CC(C6C(=O)N(c7cccc(C(F)(F)F)c7)C(=O)C56)C43)cc2)c1. The third-order valence-electron chi connectivity index (χ3n) is 9.88. The van der Waals surface area contributed by atoms with Crippen LogP contribution >= 0.6 is 23.1 Å². The van der Waals surface area contributed by atoms with Crippen molar-refractivity contribution in [3.05, 3.63) is 110 Å². The highest BCUT2D eigenvalue weighted by atomic mass is 32.2. The minimum Gasteiger partial charge on any atom is -0.489 e. The first-order valence-corrected chi connectivity index (χ1v) is 16.5. The summed E-state index contributed by atoms with van der Waals surface area (Å²) in [5.74, 6) is -1.77. The number of carbonyl (C=O) groups is 2. The lowest BCUT2D eigenvalue weighted by atomic mass is 9.68. The van der Waals surface area contributed by atoms with Gasteiger partial charge in [-0.1, -0.05) is 59.4 Å². The Morgan fingerprint density at radius 3 is 2.40 bits per heavy atom. The van der Waals surface area contributed by atoms with Gasteiger partial charge in [-0.05, 0) is 72.6 Å². The molecule has 6 unspecified atom stereocenters. The molecule has 1 aromatic heterocycles. The minimum absolute atomic E-state index is 0.0162. The van der Waals surface area contributed by atoms with Crippen LogP contribution < -0.4 is 14.5 Å². The molecular weight excluding hydrogens is 622 g/mol. The number of aryl methyl sites for hydroxylation is 1. The highest BCUT2D eigenvalue weighted by Crippen LogP contribution is 2.68. The quantitative estimate of drug-likeness (QED) is 0.236. The number of hydrogen-bond donors (Lipinski definition) is 1. The van der Waals surface area contributed by atoms with Crippen molar-refractivity contribution in [2.45, 2.75) is 42.3 Å². The van der Waals surface area contributed by atoms with E-state index >= 15 is 0 Å². The number of aromatic nitrogens is 1. The van der Waals surface area contributed by atoms with Crippen LogP contribution in [0.1, 0.15) is 39.5 Å². The van der Waals surface area contributed by atoms with Gasteiger partial charge in [-0.25, -0.2) is 0 Å². The van der Waals surface area contributed by atoms with Gasteiger partial charge in [0.15, 0.2) is 0 Å². The van der Waals surface area contributed by atoms with Crippen molar-refractivity contribution < 1.29 is 27.5 Å². The molecule has 2 bridgehead atoms. The molecule has 2 aliphatic carbocycles. The number of aromatic amines is 1. The zero-order valence-corrected chi connectivity index (χ0v) is 25.5. The number of fused-ring (bicyclic) bond motifs is 9. The molecule has 3 heterocycles. The number of thioether (sulfide) groups is 1. The van der Waals surface area contributed by atoms with E-state index in [0.717, 1.165) is 43.6 Å². The highest BCUT2D eigenvalue weighted by molar-refractivity contribution is 8.00. The van der Waals surface area contributed by atoms with E-state index in [4.69, 9.17) is 4.74 Å². The van der Waals surface area contributed by atoms with Gasteiger partial charge in [-0.2, -0.15) is 13.2 Å². The molecule has 0 spiro atoms. The Kier molecular flexibility index (Phi) is 6.58. The number of halogens is 3. The number of nitrogens with one attached hydrogen (secondary N) is 1. The molecule has 0 radical (unpaired) electrons. The summed E-state index contributed by atoms with van der Waals surface area (Å²) in [5, 5.41) is 0.779. The summed E-state index contributed by atoms with van der Waals surface area (Å²) in [6.07, 6.45) is -3.90. The molecule has 2 amide bonds. The van der Waals surface area contributed by atoms with E-state index in [9.17, 15) is 27.6 Å². The lowest BCUT2D eigenvalue weighted by Crippen LogP contribution is -2.42.